The van der Waals surface area contributed by atoms with E-state index < -0.39 is 0 Å². The molecule has 0 aliphatic heterocycles. The molecule has 0 saturated heterocycles. The van der Waals surface area contributed by atoms with Crippen LogP contribution in [0, 0.1) is 6.92 Å². The van der Waals surface area contributed by atoms with Gasteiger partial charge in [0.1, 0.15) is 0 Å². The molecular weight excluding hydrogens is 288 g/mol. The summed E-state index contributed by atoms with van der Waals surface area (Å²) < 4.78 is 6.15. The van der Waals surface area contributed by atoms with Gasteiger partial charge in [-0.3, -0.25) is 4.79 Å². The molecule has 4 heteroatoms. The van der Waals surface area contributed by atoms with Gasteiger partial charge >= 0.3 is 0 Å². The van der Waals surface area contributed by atoms with Crippen molar-refractivity contribution in [3.05, 3.63) is 46.1 Å². The van der Waals surface area contributed by atoms with Crippen LogP contribution in [0.5, 0.6) is 0 Å². The number of carbonyl (C=O) groups is 1. The molecule has 16 heavy (non-hydrogen) atoms. The Hall–Kier alpha value is -1.000. The molecule has 1 aromatic heterocycles. The van der Waals surface area contributed by atoms with Crippen LogP contribution in [0.4, 0.5) is 0 Å². The fraction of sp³-hybridized carbons (Fsp3) is 0.0833. The molecule has 2 rings (SSSR count). The molecule has 0 atom stereocenters. The fourth-order valence-electron chi connectivity index (χ4n) is 1.21. The first-order valence-corrected chi connectivity index (χ1v) is 6.29. The van der Waals surface area contributed by atoms with Crippen molar-refractivity contribution in [2.24, 2.45) is 0 Å². The largest absolute Gasteiger partial charge is 0.445 e. The fourth-order valence-corrected chi connectivity index (χ4v) is 2.54. The van der Waals surface area contributed by atoms with E-state index in [1.165, 1.54) is 17.3 Å². The lowest BCUT2D eigenvalue weighted by Gasteiger charge is -1.99. The van der Waals surface area contributed by atoms with E-state index in [0.717, 1.165) is 9.37 Å². The topological polar surface area (TPSA) is 30.2 Å². The quantitative estimate of drug-likeness (QED) is 0.791. The monoisotopic (exact) mass is 296 g/mol. The molecule has 0 unspecified atom stereocenters. The highest BCUT2D eigenvalue weighted by Crippen LogP contribution is 2.35. The first-order valence-electron chi connectivity index (χ1n) is 4.68. The van der Waals surface area contributed by atoms with Crippen molar-refractivity contribution >= 4 is 34.0 Å². The smallest absolute Gasteiger partial charge is 0.185 e. The van der Waals surface area contributed by atoms with Gasteiger partial charge in [-0.1, -0.05) is 29.5 Å². The summed E-state index contributed by atoms with van der Waals surface area (Å²) in [5.74, 6) is 0.335. The van der Waals surface area contributed by atoms with Gasteiger partial charge < -0.3 is 4.42 Å². The second-order valence-electron chi connectivity index (χ2n) is 3.32. The molecule has 0 N–H and O–H groups in total. The van der Waals surface area contributed by atoms with Crippen LogP contribution in [0.25, 0.3) is 0 Å². The summed E-state index contributed by atoms with van der Waals surface area (Å²) >= 11 is 4.84. The summed E-state index contributed by atoms with van der Waals surface area (Å²) in [4.78, 5) is 11.6. The normalized spacial score (nSPS) is 10.4. The molecule has 1 aromatic carbocycles. The average molecular weight is 297 g/mol. The number of carbonyl (C=O) groups excluding carboxylic acids is 1. The number of hydrogen-bond donors (Lipinski definition) is 0. The number of benzene rings is 1. The number of halogens is 1. The zero-order valence-electron chi connectivity index (χ0n) is 8.57. The maximum atomic E-state index is 10.5. The zero-order chi connectivity index (χ0) is 11.5. The van der Waals surface area contributed by atoms with Gasteiger partial charge in [-0.2, -0.15) is 0 Å². The molecule has 0 saturated carbocycles. The average Bonchev–Trinajstić information content (AvgIpc) is 2.63. The van der Waals surface area contributed by atoms with E-state index in [1.807, 2.05) is 31.2 Å². The highest BCUT2D eigenvalue weighted by Gasteiger charge is 2.09. The van der Waals surface area contributed by atoms with Crippen LogP contribution in [0.3, 0.4) is 0 Å². The van der Waals surface area contributed by atoms with Crippen molar-refractivity contribution in [2.75, 3.05) is 0 Å². The third kappa shape index (κ3) is 2.57. The van der Waals surface area contributed by atoms with E-state index in [0.29, 0.717) is 17.1 Å². The van der Waals surface area contributed by atoms with Gasteiger partial charge in [0.2, 0.25) is 0 Å². The maximum Gasteiger partial charge on any atom is 0.185 e. The summed E-state index contributed by atoms with van der Waals surface area (Å²) in [6.07, 6.45) is 0.698. The summed E-state index contributed by atoms with van der Waals surface area (Å²) in [5, 5.41) is 0.700. The number of rotatable bonds is 3. The van der Waals surface area contributed by atoms with E-state index in [9.17, 15) is 4.79 Å². The lowest BCUT2D eigenvalue weighted by molar-refractivity contribution is 0.109. The van der Waals surface area contributed by atoms with E-state index in [1.54, 1.807) is 6.07 Å². The molecule has 0 fully saturated rings. The number of aryl methyl sites for hydroxylation is 1. The van der Waals surface area contributed by atoms with Gasteiger partial charge in [-0.25, -0.2) is 0 Å². The molecule has 0 amide bonds. The Labute approximate surface area is 106 Å². The van der Waals surface area contributed by atoms with Gasteiger partial charge in [0.05, 0.1) is 4.47 Å². The first-order chi connectivity index (χ1) is 7.69. The van der Waals surface area contributed by atoms with Crippen LogP contribution < -0.4 is 0 Å². The first kappa shape index (κ1) is 11.5. The Morgan fingerprint density at radius 2 is 2.00 bits per heavy atom. The van der Waals surface area contributed by atoms with Crippen LogP contribution in [0.1, 0.15) is 16.1 Å². The van der Waals surface area contributed by atoms with E-state index in [4.69, 9.17) is 4.42 Å². The molecule has 2 aromatic rings. The number of hydrogen-bond acceptors (Lipinski definition) is 3. The van der Waals surface area contributed by atoms with E-state index in [-0.39, 0.29) is 0 Å². The second kappa shape index (κ2) is 4.89. The van der Waals surface area contributed by atoms with Crippen LogP contribution in [-0.2, 0) is 0 Å². The lowest BCUT2D eigenvalue weighted by Crippen LogP contribution is -1.73. The van der Waals surface area contributed by atoms with Gasteiger partial charge in [-0.05, 0) is 35.0 Å². The van der Waals surface area contributed by atoms with Crippen LogP contribution in [0.15, 0.2) is 49.2 Å². The minimum atomic E-state index is 0.335. The van der Waals surface area contributed by atoms with Crippen molar-refractivity contribution in [3.63, 3.8) is 0 Å². The van der Waals surface area contributed by atoms with Crippen molar-refractivity contribution in [1.82, 2.24) is 0 Å². The third-order valence-corrected chi connectivity index (χ3v) is 3.87. The van der Waals surface area contributed by atoms with Crippen molar-refractivity contribution < 1.29 is 9.21 Å². The molecule has 0 bridgehead atoms. The summed E-state index contributed by atoms with van der Waals surface area (Å²) in [6, 6.07) is 9.80. The van der Waals surface area contributed by atoms with Crippen molar-refractivity contribution in [3.8, 4) is 0 Å². The Bertz CT molecular complexity index is 502. The Morgan fingerprint density at radius 1 is 1.31 bits per heavy atom. The molecule has 1 heterocycles. The molecule has 82 valence electrons. The molecule has 0 radical (unpaired) electrons. The standard InChI is InChI=1S/C12H9BrO2S/c1-8-2-4-10(5-3-8)16-12-11(13)6-9(7-14)15-12/h2-7H,1H3. The number of aldehydes is 1. The molecule has 2 nitrogen and oxygen atoms in total. The highest BCUT2D eigenvalue weighted by molar-refractivity contribution is 9.10. The number of furan rings is 1. The molecule has 0 spiro atoms. The van der Waals surface area contributed by atoms with Gasteiger partial charge in [0, 0.05) is 11.0 Å². The van der Waals surface area contributed by atoms with Crippen molar-refractivity contribution in [2.45, 2.75) is 16.9 Å². The van der Waals surface area contributed by atoms with Gasteiger partial charge in [0.25, 0.3) is 0 Å². The predicted octanol–water partition coefficient (Wildman–Crippen LogP) is 4.31. The summed E-state index contributed by atoms with van der Waals surface area (Å²) in [7, 11) is 0. The summed E-state index contributed by atoms with van der Waals surface area (Å²) in [6.45, 7) is 2.04. The minimum absolute atomic E-state index is 0.335. The SMILES string of the molecule is Cc1ccc(Sc2oc(C=O)cc2Br)cc1. The van der Waals surface area contributed by atoms with Gasteiger partial charge in [0.15, 0.2) is 17.1 Å². The highest BCUT2D eigenvalue weighted by atomic mass is 79.9. The maximum absolute atomic E-state index is 10.5. The van der Waals surface area contributed by atoms with Gasteiger partial charge in [-0.15, -0.1) is 0 Å². The second-order valence-corrected chi connectivity index (χ2v) is 5.22. The minimum Gasteiger partial charge on any atom is -0.445 e. The molecular formula is C12H9BrO2S. The van der Waals surface area contributed by atoms with Crippen LogP contribution >= 0.6 is 27.7 Å². The van der Waals surface area contributed by atoms with Crippen molar-refractivity contribution in [1.29, 1.82) is 0 Å². The van der Waals surface area contributed by atoms with Crippen LogP contribution in [0.2, 0.25) is 0 Å². The third-order valence-electron chi connectivity index (χ3n) is 2.02. The Morgan fingerprint density at radius 3 is 2.56 bits per heavy atom. The van der Waals surface area contributed by atoms with E-state index >= 15 is 0 Å². The molecule has 0 aliphatic carbocycles. The van der Waals surface area contributed by atoms with Crippen LogP contribution in [-0.4, -0.2) is 6.29 Å². The Kier molecular flexibility index (Phi) is 3.51. The zero-order valence-corrected chi connectivity index (χ0v) is 11.0. The summed E-state index contributed by atoms with van der Waals surface area (Å²) in [5.41, 5.74) is 1.22. The lowest BCUT2D eigenvalue weighted by atomic mass is 10.2. The van der Waals surface area contributed by atoms with E-state index in [2.05, 4.69) is 15.9 Å². The Balaban J connectivity index is 2.23. The molecule has 0 aliphatic rings. The predicted molar refractivity (Wildman–Crippen MR) is 67.1 cm³/mol.